The number of nitrogens with zero attached hydrogens (tertiary/aromatic N) is 1. The number of nitrogens with one attached hydrogen (secondary N) is 1. The van der Waals surface area contributed by atoms with Crippen molar-refractivity contribution in [2.75, 3.05) is 0 Å². The zero-order valence-corrected chi connectivity index (χ0v) is 12.7. The van der Waals surface area contributed by atoms with Gasteiger partial charge in [0.05, 0.1) is 4.90 Å². The molecule has 0 aliphatic carbocycles. The van der Waals surface area contributed by atoms with Crippen molar-refractivity contribution in [1.82, 2.24) is 9.71 Å². The molecule has 0 atom stereocenters. The van der Waals surface area contributed by atoms with Crippen molar-refractivity contribution in [3.05, 3.63) is 58.9 Å². The van der Waals surface area contributed by atoms with E-state index in [4.69, 9.17) is 0 Å². The smallest absolute Gasteiger partial charge is 0.241 e. The number of rotatable bonds is 4. The van der Waals surface area contributed by atoms with Crippen LogP contribution in [0, 0.1) is 20.8 Å². The van der Waals surface area contributed by atoms with Crippen LogP contribution in [0.5, 0.6) is 0 Å². The van der Waals surface area contributed by atoms with Crippen LogP contribution in [-0.2, 0) is 16.6 Å². The van der Waals surface area contributed by atoms with Crippen molar-refractivity contribution >= 4 is 10.0 Å². The normalized spacial score (nSPS) is 11.6. The lowest BCUT2D eigenvalue weighted by Gasteiger charge is -2.13. The first-order valence-electron chi connectivity index (χ1n) is 6.36. The summed E-state index contributed by atoms with van der Waals surface area (Å²) in [5.74, 6) is 0. The van der Waals surface area contributed by atoms with Crippen LogP contribution in [0.15, 0.2) is 41.6 Å². The van der Waals surface area contributed by atoms with Crippen molar-refractivity contribution in [3.8, 4) is 0 Å². The Kier molecular flexibility index (Phi) is 4.20. The SMILES string of the molecule is Cc1cc(C)c(S(=O)(=O)NCc2ccncc2)c(C)c1.[HH]. The predicted molar refractivity (Wildman–Crippen MR) is 81.0 cm³/mol. The van der Waals surface area contributed by atoms with E-state index in [2.05, 4.69) is 9.71 Å². The monoisotopic (exact) mass is 292 g/mol. The van der Waals surface area contributed by atoms with Crippen LogP contribution in [-0.4, -0.2) is 13.4 Å². The number of aryl methyl sites for hydroxylation is 3. The summed E-state index contributed by atoms with van der Waals surface area (Å²) in [5, 5.41) is 0. The van der Waals surface area contributed by atoms with Gasteiger partial charge in [0, 0.05) is 20.4 Å². The molecule has 1 N–H and O–H groups in total. The molecule has 1 heterocycles. The summed E-state index contributed by atoms with van der Waals surface area (Å²) in [6, 6.07) is 7.34. The van der Waals surface area contributed by atoms with E-state index in [1.807, 2.05) is 32.9 Å². The molecule has 2 rings (SSSR count). The zero-order valence-electron chi connectivity index (χ0n) is 11.8. The van der Waals surface area contributed by atoms with Gasteiger partial charge in [-0.15, -0.1) is 0 Å². The molecular weight excluding hydrogens is 272 g/mol. The van der Waals surface area contributed by atoms with Crippen LogP contribution in [0.4, 0.5) is 0 Å². The van der Waals surface area contributed by atoms with Crippen LogP contribution in [0.3, 0.4) is 0 Å². The Hall–Kier alpha value is -1.72. The highest BCUT2D eigenvalue weighted by molar-refractivity contribution is 7.89. The van der Waals surface area contributed by atoms with Gasteiger partial charge >= 0.3 is 0 Å². The highest BCUT2D eigenvalue weighted by Crippen LogP contribution is 2.21. The molecule has 20 heavy (non-hydrogen) atoms. The molecule has 0 saturated heterocycles. The molecule has 1 aromatic carbocycles. The van der Waals surface area contributed by atoms with Crippen LogP contribution < -0.4 is 4.72 Å². The van der Waals surface area contributed by atoms with Crippen molar-refractivity contribution in [3.63, 3.8) is 0 Å². The first-order chi connectivity index (χ1) is 9.40. The van der Waals surface area contributed by atoms with E-state index >= 15 is 0 Å². The molecule has 5 heteroatoms. The molecule has 0 aliphatic rings. The molecule has 0 radical (unpaired) electrons. The van der Waals surface area contributed by atoms with E-state index in [1.165, 1.54) is 0 Å². The number of aromatic nitrogens is 1. The maximum absolute atomic E-state index is 12.4. The molecular formula is C15H20N2O2S. The van der Waals surface area contributed by atoms with Gasteiger partial charge in [0.1, 0.15) is 0 Å². The Labute approximate surface area is 121 Å². The topological polar surface area (TPSA) is 59.1 Å². The Morgan fingerprint density at radius 2 is 1.65 bits per heavy atom. The molecule has 4 nitrogen and oxygen atoms in total. The third-order valence-corrected chi connectivity index (χ3v) is 4.79. The summed E-state index contributed by atoms with van der Waals surface area (Å²) < 4.78 is 27.5. The molecule has 1 aromatic heterocycles. The van der Waals surface area contributed by atoms with Gasteiger partial charge in [0.15, 0.2) is 0 Å². The average molecular weight is 292 g/mol. The standard InChI is InChI=1S/C15H18N2O2S.H2/c1-11-8-12(2)15(13(3)9-11)20(18,19)17-10-14-4-6-16-7-5-14;/h4-9,17H,10H2,1-3H3;1H. The molecule has 0 bridgehead atoms. The lowest BCUT2D eigenvalue weighted by atomic mass is 10.1. The summed E-state index contributed by atoms with van der Waals surface area (Å²) >= 11 is 0. The Morgan fingerprint density at radius 1 is 1.10 bits per heavy atom. The minimum atomic E-state index is -3.51. The summed E-state index contributed by atoms with van der Waals surface area (Å²) in [6.45, 7) is 5.86. The van der Waals surface area contributed by atoms with Gasteiger partial charge in [-0.3, -0.25) is 4.98 Å². The summed E-state index contributed by atoms with van der Waals surface area (Å²) in [5.41, 5.74) is 3.48. The molecule has 108 valence electrons. The molecule has 0 fully saturated rings. The van der Waals surface area contributed by atoms with E-state index in [0.29, 0.717) is 4.90 Å². The van der Waals surface area contributed by atoms with Gasteiger partial charge in [-0.05, 0) is 49.6 Å². The average Bonchev–Trinajstić information content (AvgIpc) is 2.36. The van der Waals surface area contributed by atoms with Crippen molar-refractivity contribution in [2.24, 2.45) is 0 Å². The third kappa shape index (κ3) is 3.23. The van der Waals surface area contributed by atoms with Crippen LogP contribution in [0.25, 0.3) is 0 Å². The lowest BCUT2D eigenvalue weighted by Crippen LogP contribution is -2.25. The molecule has 0 amide bonds. The van der Waals surface area contributed by atoms with E-state index < -0.39 is 10.0 Å². The van der Waals surface area contributed by atoms with Gasteiger partial charge < -0.3 is 0 Å². The predicted octanol–water partition coefficient (Wildman–Crippen LogP) is 2.73. The highest BCUT2D eigenvalue weighted by Gasteiger charge is 2.19. The lowest BCUT2D eigenvalue weighted by molar-refractivity contribution is 0.580. The van der Waals surface area contributed by atoms with Crippen LogP contribution >= 0.6 is 0 Å². The molecule has 2 aromatic rings. The van der Waals surface area contributed by atoms with Gasteiger partial charge in [0.25, 0.3) is 0 Å². The molecule has 0 spiro atoms. The Morgan fingerprint density at radius 3 is 2.20 bits per heavy atom. The number of pyridine rings is 1. The highest BCUT2D eigenvalue weighted by atomic mass is 32.2. The quantitative estimate of drug-likeness (QED) is 0.942. The fourth-order valence-electron chi connectivity index (χ4n) is 2.34. The summed E-state index contributed by atoms with van der Waals surface area (Å²) in [6.07, 6.45) is 3.29. The Balaban J connectivity index is 0.00000220. The maximum atomic E-state index is 12.4. The van der Waals surface area contributed by atoms with Gasteiger partial charge in [-0.2, -0.15) is 0 Å². The summed E-state index contributed by atoms with van der Waals surface area (Å²) in [4.78, 5) is 4.28. The van der Waals surface area contributed by atoms with E-state index in [-0.39, 0.29) is 7.97 Å². The van der Waals surface area contributed by atoms with E-state index in [9.17, 15) is 8.42 Å². The fraction of sp³-hybridized carbons (Fsp3) is 0.267. The maximum Gasteiger partial charge on any atom is 0.241 e. The van der Waals surface area contributed by atoms with Crippen LogP contribution in [0.1, 0.15) is 23.7 Å². The molecule has 0 aliphatic heterocycles. The minimum Gasteiger partial charge on any atom is -0.265 e. The second-order valence-corrected chi connectivity index (χ2v) is 6.61. The Bertz CT molecular complexity index is 693. The third-order valence-electron chi connectivity index (χ3n) is 3.09. The fourth-order valence-corrected chi connectivity index (χ4v) is 3.81. The van der Waals surface area contributed by atoms with E-state index in [1.54, 1.807) is 24.5 Å². The molecule has 0 unspecified atom stereocenters. The van der Waals surface area contributed by atoms with Crippen molar-refractivity contribution in [2.45, 2.75) is 32.2 Å². The zero-order chi connectivity index (χ0) is 14.8. The van der Waals surface area contributed by atoms with Crippen molar-refractivity contribution < 1.29 is 9.84 Å². The first kappa shape index (κ1) is 14.7. The van der Waals surface area contributed by atoms with Crippen molar-refractivity contribution in [1.29, 1.82) is 0 Å². The van der Waals surface area contributed by atoms with Gasteiger partial charge in [-0.25, -0.2) is 13.1 Å². The van der Waals surface area contributed by atoms with Gasteiger partial charge in [0.2, 0.25) is 10.0 Å². The first-order valence-corrected chi connectivity index (χ1v) is 7.85. The largest absolute Gasteiger partial charge is 0.265 e. The minimum absolute atomic E-state index is 0. The summed E-state index contributed by atoms with van der Waals surface area (Å²) in [7, 11) is -3.51. The number of hydrogen-bond donors (Lipinski definition) is 1. The molecule has 0 saturated carbocycles. The number of benzene rings is 1. The second kappa shape index (κ2) is 5.73. The van der Waals surface area contributed by atoms with Gasteiger partial charge in [-0.1, -0.05) is 17.7 Å². The number of hydrogen-bond acceptors (Lipinski definition) is 3. The van der Waals surface area contributed by atoms with Crippen LogP contribution in [0.2, 0.25) is 0 Å². The van der Waals surface area contributed by atoms with E-state index in [0.717, 1.165) is 22.3 Å². The number of sulfonamides is 1. The second-order valence-electron chi connectivity index (χ2n) is 4.91.